The van der Waals surface area contributed by atoms with Crippen molar-refractivity contribution in [2.75, 3.05) is 0 Å². The molecule has 0 fully saturated rings. The number of rotatable bonds is 1. The monoisotopic (exact) mass is 844 g/mol. The lowest BCUT2D eigenvalue weighted by Crippen LogP contribution is -2.27. The summed E-state index contributed by atoms with van der Waals surface area (Å²) in [6.07, 6.45) is 3.94. The van der Waals surface area contributed by atoms with Crippen LogP contribution in [0.2, 0.25) is 0 Å². The standard InChI is InChI=1S/C52H34Br2N2/c1-27-19-40-38-7-5-17-55-49(38)51(44(40)21-29(27)3)43-16-12-33(53)25-42(43)37-14-10-32(24-47(37)51)31-9-13-35-36-15-11-34(54)26-48(36)52(46(35)23-31)45-22-30(4)28(2)20-41(45)39-8-6-18-56-50(39)52/h5-26H,1-4H3/t51-,52-/m1/s1. The highest BCUT2D eigenvalue weighted by molar-refractivity contribution is 9.10. The highest BCUT2D eigenvalue weighted by Gasteiger charge is 2.55. The fraction of sp³-hybridized carbons (Fsp3) is 0.115. The summed E-state index contributed by atoms with van der Waals surface area (Å²) in [7, 11) is 0. The first-order valence-electron chi connectivity index (χ1n) is 19.3. The number of benzene rings is 6. The molecule has 0 unspecified atom stereocenters. The zero-order valence-electron chi connectivity index (χ0n) is 31.4. The van der Waals surface area contributed by atoms with Gasteiger partial charge >= 0.3 is 0 Å². The summed E-state index contributed by atoms with van der Waals surface area (Å²) < 4.78 is 2.15. The number of hydrogen-bond donors (Lipinski definition) is 0. The van der Waals surface area contributed by atoms with Gasteiger partial charge in [-0.1, -0.05) is 105 Å². The van der Waals surface area contributed by atoms with Gasteiger partial charge in [-0.2, -0.15) is 0 Å². The summed E-state index contributed by atoms with van der Waals surface area (Å²) in [5.41, 5.74) is 26.6. The molecule has 2 aromatic heterocycles. The Bertz CT molecular complexity index is 3120. The van der Waals surface area contributed by atoms with Gasteiger partial charge in [-0.05, 0) is 176 Å². The first kappa shape index (κ1) is 32.8. The minimum Gasteiger partial charge on any atom is -0.259 e. The Morgan fingerprint density at radius 1 is 0.357 bits per heavy atom. The molecule has 0 saturated carbocycles. The van der Waals surface area contributed by atoms with E-state index in [1.165, 1.54) is 111 Å². The van der Waals surface area contributed by atoms with Gasteiger partial charge in [-0.15, -0.1) is 0 Å². The number of halogens is 2. The number of pyridine rings is 2. The minimum atomic E-state index is -0.544. The van der Waals surface area contributed by atoms with Gasteiger partial charge in [-0.25, -0.2) is 0 Å². The van der Waals surface area contributed by atoms with E-state index in [1.54, 1.807) is 0 Å². The maximum atomic E-state index is 5.25. The fourth-order valence-corrected chi connectivity index (χ4v) is 11.6. The van der Waals surface area contributed by atoms with E-state index in [2.05, 4.69) is 181 Å². The van der Waals surface area contributed by atoms with Gasteiger partial charge in [-0.3, -0.25) is 9.97 Å². The van der Waals surface area contributed by atoms with Crippen LogP contribution in [0.25, 0.3) is 55.6 Å². The van der Waals surface area contributed by atoms with Crippen LogP contribution in [0.3, 0.4) is 0 Å². The molecule has 4 aliphatic carbocycles. The molecule has 4 heteroatoms. The minimum absolute atomic E-state index is 0.533. The first-order chi connectivity index (χ1) is 27.2. The van der Waals surface area contributed by atoms with E-state index < -0.39 is 10.8 Å². The summed E-state index contributed by atoms with van der Waals surface area (Å²) >= 11 is 7.71. The van der Waals surface area contributed by atoms with Crippen molar-refractivity contribution in [3.8, 4) is 55.6 Å². The zero-order chi connectivity index (χ0) is 37.8. The third-order valence-corrected chi connectivity index (χ3v) is 14.5. The van der Waals surface area contributed by atoms with Crippen LogP contribution >= 0.6 is 31.9 Å². The normalized spacial score (nSPS) is 18.3. The molecule has 2 heterocycles. The molecular weight excluding hydrogens is 812 g/mol. The number of nitrogens with zero attached hydrogens (tertiary/aromatic N) is 2. The van der Waals surface area contributed by atoms with E-state index in [-0.39, 0.29) is 0 Å². The Kier molecular flexibility index (Phi) is 6.51. The van der Waals surface area contributed by atoms with E-state index in [0.717, 1.165) is 20.3 Å². The third kappa shape index (κ3) is 3.87. The molecule has 0 radical (unpaired) electrons. The summed E-state index contributed by atoms with van der Waals surface area (Å²) in [5, 5.41) is 0. The Hall–Kier alpha value is -5.42. The maximum absolute atomic E-state index is 5.25. The van der Waals surface area contributed by atoms with Gasteiger partial charge in [0.05, 0.1) is 22.2 Å². The average molecular weight is 847 g/mol. The van der Waals surface area contributed by atoms with Crippen molar-refractivity contribution in [1.29, 1.82) is 0 Å². The van der Waals surface area contributed by atoms with Crippen LogP contribution in [0.5, 0.6) is 0 Å². The molecule has 2 nitrogen and oxygen atoms in total. The largest absolute Gasteiger partial charge is 0.259 e. The molecule has 56 heavy (non-hydrogen) atoms. The summed E-state index contributed by atoms with van der Waals surface area (Å²) in [5.74, 6) is 0. The summed E-state index contributed by atoms with van der Waals surface area (Å²) in [4.78, 5) is 10.5. The second kappa shape index (κ2) is 11.1. The molecule has 2 spiro atoms. The van der Waals surface area contributed by atoms with Gasteiger partial charge in [0.25, 0.3) is 0 Å². The number of hydrogen-bond acceptors (Lipinski definition) is 2. The van der Waals surface area contributed by atoms with Crippen LogP contribution in [0.4, 0.5) is 0 Å². The van der Waals surface area contributed by atoms with E-state index in [0.29, 0.717) is 0 Å². The summed E-state index contributed by atoms with van der Waals surface area (Å²) in [6, 6.07) is 46.2. The molecule has 12 rings (SSSR count). The quantitative estimate of drug-likeness (QED) is 0.164. The maximum Gasteiger partial charge on any atom is 0.0898 e. The van der Waals surface area contributed by atoms with Crippen molar-refractivity contribution >= 4 is 31.9 Å². The molecule has 0 saturated heterocycles. The molecule has 4 aliphatic rings. The molecular formula is C52H34Br2N2. The van der Waals surface area contributed by atoms with E-state index in [4.69, 9.17) is 9.97 Å². The van der Waals surface area contributed by atoms with Gasteiger partial charge < -0.3 is 0 Å². The van der Waals surface area contributed by atoms with Crippen LogP contribution in [0.15, 0.2) is 143 Å². The van der Waals surface area contributed by atoms with Crippen LogP contribution in [0.1, 0.15) is 67.0 Å². The Labute approximate surface area is 343 Å². The van der Waals surface area contributed by atoms with Crippen molar-refractivity contribution in [2.24, 2.45) is 0 Å². The lowest BCUT2D eigenvalue weighted by atomic mass is 9.71. The fourth-order valence-electron chi connectivity index (χ4n) is 10.8. The van der Waals surface area contributed by atoms with Gasteiger partial charge in [0, 0.05) is 32.5 Å². The molecule has 266 valence electrons. The number of fused-ring (bicyclic) bond motifs is 20. The van der Waals surface area contributed by atoms with Crippen LogP contribution < -0.4 is 0 Å². The Morgan fingerprint density at radius 2 is 0.768 bits per heavy atom. The van der Waals surface area contributed by atoms with Crippen LogP contribution in [-0.4, -0.2) is 9.97 Å². The van der Waals surface area contributed by atoms with Crippen molar-refractivity contribution in [3.63, 3.8) is 0 Å². The molecule has 0 aliphatic heterocycles. The number of aromatic nitrogens is 2. The molecule has 8 aromatic rings. The summed E-state index contributed by atoms with van der Waals surface area (Å²) in [6.45, 7) is 8.92. The SMILES string of the molecule is Cc1cc2c(cc1C)[C@@]1(c3ccc(Br)cc3-c3ccc(-c4ccc5c(c4)[C@@]4(c6cc(Br)ccc6-5)c5cc(C)c(C)cc5-c5cccnc54)cc31)c1ncccc1-2. The average Bonchev–Trinajstić information content (AvgIpc) is 3.85. The highest BCUT2D eigenvalue weighted by Crippen LogP contribution is 2.65. The second-order valence-electron chi connectivity index (χ2n) is 16.2. The molecule has 2 atom stereocenters. The van der Waals surface area contributed by atoms with Crippen molar-refractivity contribution < 1.29 is 0 Å². The van der Waals surface area contributed by atoms with Crippen molar-refractivity contribution in [2.45, 2.75) is 38.5 Å². The van der Waals surface area contributed by atoms with E-state index in [1.807, 2.05) is 12.4 Å². The van der Waals surface area contributed by atoms with Crippen LogP contribution in [0, 0.1) is 27.7 Å². The zero-order valence-corrected chi connectivity index (χ0v) is 34.5. The predicted octanol–water partition coefficient (Wildman–Crippen LogP) is 13.6. The molecule has 0 amide bonds. The van der Waals surface area contributed by atoms with Crippen molar-refractivity contribution in [1.82, 2.24) is 9.97 Å². The second-order valence-corrected chi connectivity index (χ2v) is 18.0. The van der Waals surface area contributed by atoms with E-state index >= 15 is 0 Å². The Balaban J connectivity index is 1.14. The lowest BCUT2D eigenvalue weighted by Gasteiger charge is -2.30. The topological polar surface area (TPSA) is 25.8 Å². The smallest absolute Gasteiger partial charge is 0.0898 e. The highest BCUT2D eigenvalue weighted by atomic mass is 79.9. The third-order valence-electron chi connectivity index (χ3n) is 13.5. The number of aryl methyl sites for hydroxylation is 4. The molecule has 0 N–H and O–H groups in total. The Morgan fingerprint density at radius 3 is 1.34 bits per heavy atom. The van der Waals surface area contributed by atoms with Gasteiger partial charge in [0.2, 0.25) is 0 Å². The first-order valence-corrected chi connectivity index (χ1v) is 20.8. The predicted molar refractivity (Wildman–Crippen MR) is 234 cm³/mol. The van der Waals surface area contributed by atoms with E-state index in [9.17, 15) is 0 Å². The van der Waals surface area contributed by atoms with Gasteiger partial charge in [0.1, 0.15) is 0 Å². The molecule has 0 bridgehead atoms. The lowest BCUT2D eigenvalue weighted by molar-refractivity contribution is 0.758. The van der Waals surface area contributed by atoms with Crippen LogP contribution in [-0.2, 0) is 10.8 Å². The van der Waals surface area contributed by atoms with Gasteiger partial charge in [0.15, 0.2) is 0 Å². The van der Waals surface area contributed by atoms with Crippen molar-refractivity contribution in [3.05, 3.63) is 210 Å². The molecule has 6 aromatic carbocycles.